The van der Waals surface area contributed by atoms with E-state index in [9.17, 15) is 0 Å². The van der Waals surface area contributed by atoms with Gasteiger partial charge in [0.1, 0.15) is 0 Å². The van der Waals surface area contributed by atoms with Crippen LogP contribution in [0.2, 0.25) is 105 Å². The molecule has 0 aromatic rings. The average molecular weight is 770 g/mol. The van der Waals surface area contributed by atoms with Crippen LogP contribution >= 0.6 is 0 Å². The highest BCUT2D eigenvalue weighted by Gasteiger charge is 2.75. The molecule has 0 amide bonds. The Bertz CT molecular complexity index is 572. The predicted molar refractivity (Wildman–Crippen MR) is 176 cm³/mol. The number of hydrogen-bond acceptors (Lipinski definition) is 12. The predicted octanol–water partition coefficient (Wildman–Crippen LogP) is 3.95. The Morgan fingerprint density at radius 2 is 0.350 bits per heavy atom. The number of rotatable bonds is 16. The zero-order valence-corrected chi connectivity index (χ0v) is 38.9. The Morgan fingerprint density at radius 1 is 0.250 bits per heavy atom. The third-order valence-corrected chi connectivity index (χ3v) is 32.7. The van der Waals surface area contributed by atoms with Crippen molar-refractivity contribution in [3.63, 3.8) is 0 Å². The molecule has 1 fully saturated rings. The highest BCUT2D eigenvalue weighted by Crippen LogP contribution is 2.37. The van der Waals surface area contributed by atoms with Crippen LogP contribution in [0.25, 0.3) is 0 Å². The molecule has 8 radical (unpaired) electrons. The molecule has 24 heteroatoms. The van der Waals surface area contributed by atoms with Crippen molar-refractivity contribution in [3.05, 3.63) is 0 Å². The summed E-state index contributed by atoms with van der Waals surface area (Å²) >= 11 is 0. The van der Waals surface area contributed by atoms with Crippen LogP contribution in [0.1, 0.15) is 0 Å². The van der Waals surface area contributed by atoms with Gasteiger partial charge in [-0.15, -0.1) is 0 Å². The molecule has 1 saturated heterocycles. The van der Waals surface area contributed by atoms with Crippen molar-refractivity contribution in [1.29, 1.82) is 0 Å². The summed E-state index contributed by atoms with van der Waals surface area (Å²) in [6, 6.07) is 0. The average Bonchev–Trinajstić information content (AvgIpc) is 2.60. The summed E-state index contributed by atoms with van der Waals surface area (Å²) < 4.78 is 80.2. The summed E-state index contributed by atoms with van der Waals surface area (Å²) in [6.45, 7) is 31.9. The highest BCUT2D eigenvalue weighted by atomic mass is 28.6. The molecule has 1 heterocycles. The van der Waals surface area contributed by atoms with E-state index in [4.69, 9.17) is 49.4 Å². The van der Waals surface area contributed by atoms with Crippen LogP contribution in [0.15, 0.2) is 0 Å². The summed E-state index contributed by atoms with van der Waals surface area (Å²) in [5.74, 6) is 0. The zero-order valence-electron chi connectivity index (χ0n) is 26.9. The van der Waals surface area contributed by atoms with Gasteiger partial charge in [-0.25, -0.2) is 0 Å². The second kappa shape index (κ2) is 17.2. The summed E-state index contributed by atoms with van der Waals surface area (Å²) in [4.78, 5) is 0. The summed E-state index contributed by atoms with van der Waals surface area (Å²) in [7, 11) is -27.9. The summed E-state index contributed by atoms with van der Waals surface area (Å²) in [6.07, 6.45) is 0. The van der Waals surface area contributed by atoms with E-state index in [1.165, 1.54) is 0 Å². The lowest BCUT2D eigenvalue weighted by molar-refractivity contribution is -0.0220. The molecule has 1 rings (SSSR count). The van der Waals surface area contributed by atoms with Gasteiger partial charge >= 0.3 is 36.2 Å². The van der Waals surface area contributed by atoms with E-state index in [0.29, 0.717) is 0 Å². The molecule has 232 valence electrons. The Labute approximate surface area is 261 Å². The van der Waals surface area contributed by atoms with Gasteiger partial charge in [-0.3, -0.25) is 0 Å². The molecule has 0 atom stereocenters. The molecule has 0 aromatic carbocycles. The van der Waals surface area contributed by atoms with Gasteiger partial charge in [-0.1, -0.05) is 0 Å². The van der Waals surface area contributed by atoms with Crippen LogP contribution < -0.4 is 0 Å². The van der Waals surface area contributed by atoms with Gasteiger partial charge in [0.15, 0.2) is 72.3 Å². The van der Waals surface area contributed by atoms with Crippen molar-refractivity contribution in [2.24, 2.45) is 0 Å². The molecule has 40 heavy (non-hydrogen) atoms. The summed E-state index contributed by atoms with van der Waals surface area (Å²) in [5.41, 5.74) is 0. The van der Waals surface area contributed by atoms with Crippen LogP contribution in [-0.4, -0.2) is 109 Å². The maximum absolute atomic E-state index is 6.91. The van der Waals surface area contributed by atoms with Crippen LogP contribution in [0.4, 0.5) is 0 Å². The van der Waals surface area contributed by atoms with Gasteiger partial charge in [-0.05, 0) is 105 Å². The second-order valence-corrected chi connectivity index (χ2v) is 38.8. The Balaban J connectivity index is 4.16. The molecular formula is C16H48O12Si12. The van der Waals surface area contributed by atoms with E-state index in [1.807, 2.05) is 105 Å². The molecule has 0 saturated carbocycles. The van der Waals surface area contributed by atoms with Crippen LogP contribution in [0.3, 0.4) is 0 Å². The van der Waals surface area contributed by atoms with E-state index >= 15 is 0 Å². The monoisotopic (exact) mass is 768 g/mol. The molecule has 0 N–H and O–H groups in total. The molecule has 12 nitrogen and oxygen atoms in total. The first-order chi connectivity index (χ1) is 18.2. The minimum atomic E-state index is -4.12. The lowest BCUT2D eigenvalue weighted by Crippen LogP contribution is -2.78. The van der Waals surface area contributed by atoms with Crippen molar-refractivity contribution in [2.75, 3.05) is 0 Å². The van der Waals surface area contributed by atoms with Gasteiger partial charge < -0.3 is 49.4 Å². The van der Waals surface area contributed by atoms with Crippen molar-refractivity contribution >= 4 is 109 Å². The Kier molecular flexibility index (Phi) is 17.2. The fourth-order valence-electron chi connectivity index (χ4n) is 3.11. The topological polar surface area (TPSA) is 111 Å². The van der Waals surface area contributed by atoms with Crippen molar-refractivity contribution in [1.82, 2.24) is 0 Å². The van der Waals surface area contributed by atoms with Crippen LogP contribution in [-0.2, 0) is 49.4 Å². The van der Waals surface area contributed by atoms with Crippen molar-refractivity contribution in [2.45, 2.75) is 105 Å². The Morgan fingerprint density at radius 3 is 0.425 bits per heavy atom. The lowest BCUT2D eigenvalue weighted by Gasteiger charge is -2.49. The first kappa shape index (κ1) is 40.1. The van der Waals surface area contributed by atoms with E-state index < -0.39 is 109 Å². The molecule has 1 aliphatic heterocycles. The minimum Gasteiger partial charge on any atom is -0.395 e. The molecule has 0 unspecified atom stereocenters. The SMILES string of the molecule is C[Si](C)O[Si]1(O[Si](C)C)O[Si](O[Si](C)C)(O[Si](C)C)O[Si](O[Si](C)C)(O[Si](C)C)O[Si](O[Si](C)C)(O[Si](C)C)O1. The second-order valence-electron chi connectivity index (χ2n) is 10.5. The first-order valence-electron chi connectivity index (χ1n) is 12.9. The Hall–Kier alpha value is 2.12. The van der Waals surface area contributed by atoms with Gasteiger partial charge in [0.2, 0.25) is 0 Å². The third-order valence-electron chi connectivity index (χ3n) is 3.63. The van der Waals surface area contributed by atoms with E-state index in [1.54, 1.807) is 0 Å². The van der Waals surface area contributed by atoms with E-state index in [0.717, 1.165) is 0 Å². The van der Waals surface area contributed by atoms with Gasteiger partial charge in [0.05, 0.1) is 0 Å². The molecule has 0 aliphatic carbocycles. The fourth-order valence-corrected chi connectivity index (χ4v) is 37.0. The standard InChI is InChI=1S/C16H48O12Si12/c1-29(2)17-37(18-30(3)4)25-38(19-31(5)6,20-32(7)8)27-40(23-35(13)14,24-36(15)16)28-39(26-37,21-33(9)10)22-34(11)12/h1-16H3. The van der Waals surface area contributed by atoms with Crippen molar-refractivity contribution in [3.8, 4) is 0 Å². The molecular weight excluding hydrogens is 721 g/mol. The molecule has 0 bridgehead atoms. The maximum atomic E-state index is 6.91. The largest absolute Gasteiger partial charge is 0.646 e. The van der Waals surface area contributed by atoms with Gasteiger partial charge in [0.25, 0.3) is 0 Å². The van der Waals surface area contributed by atoms with Crippen LogP contribution in [0, 0.1) is 0 Å². The molecule has 1 aliphatic rings. The van der Waals surface area contributed by atoms with Crippen LogP contribution in [0.5, 0.6) is 0 Å². The van der Waals surface area contributed by atoms with E-state index in [2.05, 4.69) is 0 Å². The normalized spacial score (nSPS) is 21.0. The third kappa shape index (κ3) is 14.0. The minimum absolute atomic E-state index is 1.43. The quantitative estimate of drug-likeness (QED) is 0.212. The van der Waals surface area contributed by atoms with Crippen molar-refractivity contribution < 1.29 is 49.4 Å². The summed E-state index contributed by atoms with van der Waals surface area (Å²) in [5, 5.41) is 0. The highest BCUT2D eigenvalue weighted by molar-refractivity contribution is 6.92. The maximum Gasteiger partial charge on any atom is 0.646 e. The zero-order chi connectivity index (χ0) is 31.1. The lowest BCUT2D eigenvalue weighted by atomic mass is 11.9. The van der Waals surface area contributed by atoms with Gasteiger partial charge in [0, 0.05) is 0 Å². The molecule has 0 aromatic heterocycles. The van der Waals surface area contributed by atoms with Gasteiger partial charge in [-0.2, -0.15) is 0 Å². The number of hydrogen-bond donors (Lipinski definition) is 0. The first-order valence-corrected chi connectivity index (χ1v) is 38.7. The smallest absolute Gasteiger partial charge is 0.395 e. The van der Waals surface area contributed by atoms with E-state index in [-0.39, 0.29) is 0 Å². The molecule has 0 spiro atoms. The fraction of sp³-hybridized carbons (Fsp3) is 1.00.